The van der Waals surface area contributed by atoms with Crippen molar-refractivity contribution in [3.8, 4) is 5.75 Å². The smallest absolute Gasteiger partial charge is 0.379 e. The van der Waals surface area contributed by atoms with Crippen LogP contribution in [0.4, 0.5) is 13.2 Å². The maximum absolute atomic E-state index is 13.4. The molecule has 194 valence electrons. The highest BCUT2D eigenvalue weighted by Gasteiger charge is 2.32. The van der Waals surface area contributed by atoms with Crippen LogP contribution < -0.4 is 4.18 Å². The Bertz CT molecular complexity index is 1420. The number of rotatable bonds is 9. The summed E-state index contributed by atoms with van der Waals surface area (Å²) in [6.07, 6.45) is -4.18. The van der Waals surface area contributed by atoms with Gasteiger partial charge in [-0.1, -0.05) is 42.8 Å². The molecule has 6 nitrogen and oxygen atoms in total. The molecule has 0 amide bonds. The highest BCUT2D eigenvalue weighted by atomic mass is 32.2. The third-order valence-corrected chi connectivity index (χ3v) is 8.82. The van der Waals surface area contributed by atoms with Gasteiger partial charge in [-0.2, -0.15) is 25.9 Å². The lowest BCUT2D eigenvalue weighted by atomic mass is 10.2. The Hall–Kier alpha value is -2.89. The van der Waals surface area contributed by atoms with E-state index in [1.54, 1.807) is 25.1 Å². The number of benzene rings is 3. The third-order valence-electron chi connectivity index (χ3n) is 5.60. The molecule has 0 aliphatic carbocycles. The van der Waals surface area contributed by atoms with Crippen LogP contribution in [-0.4, -0.2) is 27.2 Å². The molecule has 0 saturated carbocycles. The average molecular weight is 542 g/mol. The fraction of sp³-hybridized carbons (Fsp3) is 0.280. The maximum atomic E-state index is 13.4. The minimum Gasteiger partial charge on any atom is -0.379 e. The highest BCUT2D eigenvalue weighted by Crippen LogP contribution is 2.31. The zero-order valence-corrected chi connectivity index (χ0v) is 21.5. The average Bonchev–Trinajstić information content (AvgIpc) is 2.82. The minimum absolute atomic E-state index is 0.0635. The highest BCUT2D eigenvalue weighted by molar-refractivity contribution is 7.89. The molecular weight excluding hydrogens is 515 g/mol. The molecule has 0 radical (unpaired) electrons. The van der Waals surface area contributed by atoms with Crippen LogP contribution in [0.1, 0.15) is 37.0 Å². The zero-order valence-electron chi connectivity index (χ0n) is 19.9. The number of aryl methyl sites for hydroxylation is 1. The Morgan fingerprint density at radius 1 is 0.889 bits per heavy atom. The van der Waals surface area contributed by atoms with Gasteiger partial charge in [0.15, 0.2) is 0 Å². The molecule has 1 unspecified atom stereocenters. The molecular formula is C25H26F3NO5S2. The van der Waals surface area contributed by atoms with Gasteiger partial charge in [-0.15, -0.1) is 0 Å². The number of sulfonamides is 1. The van der Waals surface area contributed by atoms with Crippen molar-refractivity contribution < 1.29 is 34.2 Å². The SMILES string of the molecule is CCC(C)N(Cc1cccc(OS(=O)(=O)c2cccc(C(F)(F)F)c2)c1)S(=O)(=O)c1ccc(C)cc1. The van der Waals surface area contributed by atoms with E-state index < -0.39 is 36.8 Å². The van der Waals surface area contributed by atoms with Crippen molar-refractivity contribution in [2.45, 2.75) is 55.7 Å². The lowest BCUT2D eigenvalue weighted by molar-refractivity contribution is -0.137. The predicted octanol–water partition coefficient (Wildman–Crippen LogP) is 5.77. The normalized spacial score (nSPS) is 13.5. The summed E-state index contributed by atoms with van der Waals surface area (Å²) in [7, 11) is -8.44. The van der Waals surface area contributed by atoms with Gasteiger partial charge < -0.3 is 4.18 Å². The molecule has 0 aliphatic heterocycles. The molecule has 1 atom stereocenters. The largest absolute Gasteiger partial charge is 0.416 e. The lowest BCUT2D eigenvalue weighted by Crippen LogP contribution is -2.37. The first-order valence-corrected chi connectivity index (χ1v) is 13.9. The first-order valence-electron chi connectivity index (χ1n) is 11.0. The van der Waals surface area contributed by atoms with Gasteiger partial charge in [-0.05, 0) is 68.3 Å². The van der Waals surface area contributed by atoms with Gasteiger partial charge in [0.1, 0.15) is 10.6 Å². The summed E-state index contributed by atoms with van der Waals surface area (Å²) < 4.78 is 97.4. The van der Waals surface area contributed by atoms with Crippen LogP contribution in [0.5, 0.6) is 5.75 Å². The summed E-state index contributed by atoms with van der Waals surface area (Å²) in [5.74, 6) is -0.151. The van der Waals surface area contributed by atoms with Crippen LogP contribution >= 0.6 is 0 Å². The van der Waals surface area contributed by atoms with Crippen LogP contribution in [0, 0.1) is 6.92 Å². The van der Waals surface area contributed by atoms with Crippen LogP contribution in [-0.2, 0) is 32.9 Å². The molecule has 3 rings (SSSR count). The van der Waals surface area contributed by atoms with E-state index in [9.17, 15) is 30.0 Å². The number of hydrogen-bond donors (Lipinski definition) is 0. The van der Waals surface area contributed by atoms with Gasteiger partial charge in [0.25, 0.3) is 0 Å². The Labute approximate surface area is 209 Å². The molecule has 0 N–H and O–H groups in total. The zero-order chi connectivity index (χ0) is 26.7. The molecule has 0 fully saturated rings. The van der Waals surface area contributed by atoms with Gasteiger partial charge in [-0.3, -0.25) is 0 Å². The van der Waals surface area contributed by atoms with E-state index in [1.807, 2.05) is 13.8 Å². The molecule has 11 heteroatoms. The molecule has 36 heavy (non-hydrogen) atoms. The summed E-state index contributed by atoms with van der Waals surface area (Å²) in [4.78, 5) is -0.515. The molecule has 0 saturated heterocycles. The molecule has 0 aliphatic rings. The molecule has 0 aromatic heterocycles. The summed E-state index contributed by atoms with van der Waals surface area (Å²) >= 11 is 0. The molecule has 0 heterocycles. The van der Waals surface area contributed by atoms with Crippen LogP contribution in [0.15, 0.2) is 82.6 Å². The second kappa shape index (κ2) is 10.6. The molecule has 0 bridgehead atoms. The third kappa shape index (κ3) is 6.45. The van der Waals surface area contributed by atoms with Gasteiger partial charge in [-0.25, -0.2) is 8.42 Å². The topological polar surface area (TPSA) is 80.8 Å². The quantitative estimate of drug-likeness (QED) is 0.321. The van der Waals surface area contributed by atoms with E-state index in [4.69, 9.17) is 4.18 Å². The lowest BCUT2D eigenvalue weighted by Gasteiger charge is -2.28. The first-order chi connectivity index (χ1) is 16.7. The second-order valence-corrected chi connectivity index (χ2v) is 11.8. The number of alkyl halides is 3. The molecule has 3 aromatic carbocycles. The fourth-order valence-electron chi connectivity index (χ4n) is 3.41. The Morgan fingerprint density at radius 2 is 1.53 bits per heavy atom. The number of hydrogen-bond acceptors (Lipinski definition) is 5. The van der Waals surface area contributed by atoms with Crippen LogP contribution in [0.25, 0.3) is 0 Å². The van der Waals surface area contributed by atoms with E-state index in [1.165, 1.54) is 34.6 Å². The Morgan fingerprint density at radius 3 is 2.14 bits per heavy atom. The summed E-state index contributed by atoms with van der Waals surface area (Å²) in [5, 5.41) is 0. The van der Waals surface area contributed by atoms with Gasteiger partial charge >= 0.3 is 16.3 Å². The standard InChI is InChI=1S/C25H26F3NO5S2/c1-4-19(3)29(35(30,31)23-13-11-18(2)12-14-23)17-20-7-5-9-22(15-20)34-36(32,33)24-10-6-8-21(16-24)25(26,27)28/h5-16,19H,4,17H2,1-3H3. The van der Waals surface area contributed by atoms with Crippen molar-refractivity contribution in [3.63, 3.8) is 0 Å². The van der Waals surface area contributed by atoms with E-state index in [0.29, 0.717) is 18.1 Å². The summed E-state index contributed by atoms with van der Waals surface area (Å²) in [6, 6.07) is 15.1. The minimum atomic E-state index is -4.71. The van der Waals surface area contributed by atoms with Crippen molar-refractivity contribution in [2.24, 2.45) is 0 Å². The van der Waals surface area contributed by atoms with E-state index in [0.717, 1.165) is 23.8 Å². The number of halogens is 3. The van der Waals surface area contributed by atoms with Crippen molar-refractivity contribution in [2.75, 3.05) is 0 Å². The van der Waals surface area contributed by atoms with E-state index in [-0.39, 0.29) is 23.2 Å². The maximum Gasteiger partial charge on any atom is 0.416 e. The summed E-state index contributed by atoms with van der Waals surface area (Å²) in [6.45, 7) is 5.40. The molecule has 0 spiro atoms. The van der Waals surface area contributed by atoms with Crippen molar-refractivity contribution in [3.05, 3.63) is 89.5 Å². The van der Waals surface area contributed by atoms with Gasteiger partial charge in [0, 0.05) is 12.6 Å². The van der Waals surface area contributed by atoms with Gasteiger partial charge in [0.05, 0.1) is 10.5 Å². The first kappa shape index (κ1) is 27.7. The predicted molar refractivity (Wildman–Crippen MR) is 129 cm³/mol. The van der Waals surface area contributed by atoms with Crippen LogP contribution in [0.3, 0.4) is 0 Å². The van der Waals surface area contributed by atoms with Crippen molar-refractivity contribution >= 4 is 20.1 Å². The molecule has 3 aromatic rings. The van der Waals surface area contributed by atoms with Crippen molar-refractivity contribution in [1.82, 2.24) is 4.31 Å². The van der Waals surface area contributed by atoms with Crippen LogP contribution in [0.2, 0.25) is 0 Å². The van der Waals surface area contributed by atoms with E-state index >= 15 is 0 Å². The van der Waals surface area contributed by atoms with E-state index in [2.05, 4.69) is 0 Å². The summed E-state index contributed by atoms with van der Waals surface area (Å²) in [5.41, 5.74) is 0.241. The monoisotopic (exact) mass is 541 g/mol. The Kier molecular flexibility index (Phi) is 8.17. The fourth-order valence-corrected chi connectivity index (χ4v) is 6.07. The number of nitrogens with zero attached hydrogens (tertiary/aromatic N) is 1. The Balaban J connectivity index is 1.89. The second-order valence-electron chi connectivity index (χ2n) is 8.33. The van der Waals surface area contributed by atoms with Gasteiger partial charge in [0.2, 0.25) is 10.0 Å². The van der Waals surface area contributed by atoms with Crippen molar-refractivity contribution in [1.29, 1.82) is 0 Å².